The highest BCUT2D eigenvalue weighted by Crippen LogP contribution is 2.31. The van der Waals surface area contributed by atoms with E-state index in [2.05, 4.69) is 20.3 Å². The summed E-state index contributed by atoms with van der Waals surface area (Å²) in [6.07, 6.45) is 6.47. The van der Waals surface area contributed by atoms with Gasteiger partial charge in [-0.25, -0.2) is 19.9 Å². The fourth-order valence-corrected chi connectivity index (χ4v) is 3.69. The van der Waals surface area contributed by atoms with Gasteiger partial charge in [-0.1, -0.05) is 0 Å². The molecular weight excluding hydrogens is 426 g/mol. The van der Waals surface area contributed by atoms with Crippen molar-refractivity contribution in [3.8, 4) is 23.1 Å². The summed E-state index contributed by atoms with van der Waals surface area (Å²) in [6.45, 7) is 0.399. The van der Waals surface area contributed by atoms with Crippen LogP contribution >= 0.6 is 0 Å². The van der Waals surface area contributed by atoms with Gasteiger partial charge in [0.15, 0.2) is 5.82 Å². The van der Waals surface area contributed by atoms with Crippen molar-refractivity contribution in [1.29, 1.82) is 0 Å². The van der Waals surface area contributed by atoms with Crippen LogP contribution in [0.4, 0.5) is 11.6 Å². The third-order valence-corrected chi connectivity index (χ3v) is 5.19. The second-order valence-corrected chi connectivity index (χ2v) is 7.58. The summed E-state index contributed by atoms with van der Waals surface area (Å²) < 4.78 is 10.5. The Morgan fingerprint density at radius 3 is 2.82 bits per heavy atom. The second-order valence-electron chi connectivity index (χ2n) is 7.58. The van der Waals surface area contributed by atoms with Crippen molar-refractivity contribution in [2.24, 2.45) is 0 Å². The molecule has 3 aromatic heterocycles. The van der Waals surface area contributed by atoms with Crippen molar-refractivity contribution in [2.75, 3.05) is 44.1 Å². The number of nitrogens with one attached hydrogen (secondary N) is 1. The smallest absolute Gasteiger partial charge is 0.232 e. The summed E-state index contributed by atoms with van der Waals surface area (Å²) in [4.78, 5) is 24.1. The van der Waals surface area contributed by atoms with Gasteiger partial charge in [0, 0.05) is 30.6 Å². The van der Waals surface area contributed by atoms with E-state index in [9.17, 15) is 5.11 Å². The number of fused-ring (bicyclic) bond motifs is 1. The first-order valence-electron chi connectivity index (χ1n) is 10.7. The van der Waals surface area contributed by atoms with E-state index in [-0.39, 0.29) is 19.8 Å². The number of aliphatic hydroxyl groups is 2. The summed E-state index contributed by atoms with van der Waals surface area (Å²) in [5.74, 6) is 2.69. The van der Waals surface area contributed by atoms with E-state index in [0.29, 0.717) is 29.0 Å². The lowest BCUT2D eigenvalue weighted by Crippen LogP contribution is -2.35. The highest BCUT2D eigenvalue weighted by Gasteiger charge is 2.23. The summed E-state index contributed by atoms with van der Waals surface area (Å²) in [5.41, 5.74) is 2.67. The van der Waals surface area contributed by atoms with Crippen LogP contribution < -0.4 is 19.7 Å². The number of pyridine rings is 1. The molecule has 0 aromatic carbocycles. The van der Waals surface area contributed by atoms with Gasteiger partial charge in [0.1, 0.15) is 35.9 Å². The van der Waals surface area contributed by atoms with Crippen molar-refractivity contribution in [1.82, 2.24) is 24.9 Å². The van der Waals surface area contributed by atoms with Crippen LogP contribution in [0.3, 0.4) is 0 Å². The van der Waals surface area contributed by atoms with E-state index in [1.54, 1.807) is 18.3 Å². The number of aryl methyl sites for hydroxylation is 1. The molecule has 0 bridgehead atoms. The number of aliphatic hydroxyl groups excluding tert-OH is 2. The van der Waals surface area contributed by atoms with E-state index in [4.69, 9.17) is 24.5 Å². The standard InChI is InChI=1S/C22H27N7O4/c1-29(13-19(31)27-18-11-25-20(32-2)12-24-18)22-15-4-3-5-16(15)26-21(28-22)17-10-14(6-7-23-17)33-9-8-30/h6-7,10-12,19,30-31H,3-5,8-9,13H2,1-2H3,(H,24,27). The average molecular weight is 454 g/mol. The van der Waals surface area contributed by atoms with Gasteiger partial charge in [0.05, 0.1) is 32.7 Å². The first-order valence-corrected chi connectivity index (χ1v) is 10.7. The Morgan fingerprint density at radius 1 is 1.18 bits per heavy atom. The van der Waals surface area contributed by atoms with E-state index in [1.165, 1.54) is 19.5 Å². The number of aromatic nitrogens is 5. The van der Waals surface area contributed by atoms with E-state index in [1.807, 2.05) is 11.9 Å². The molecule has 3 heterocycles. The number of anilines is 2. The number of hydrogen-bond acceptors (Lipinski definition) is 11. The molecule has 1 aliphatic carbocycles. The minimum atomic E-state index is -0.901. The summed E-state index contributed by atoms with van der Waals surface area (Å²) in [5, 5.41) is 22.5. The van der Waals surface area contributed by atoms with Crippen molar-refractivity contribution in [2.45, 2.75) is 25.5 Å². The second kappa shape index (κ2) is 10.4. The van der Waals surface area contributed by atoms with Gasteiger partial charge in [0.2, 0.25) is 5.88 Å². The molecule has 11 nitrogen and oxygen atoms in total. The molecule has 0 aliphatic heterocycles. The highest BCUT2D eigenvalue weighted by molar-refractivity contribution is 5.60. The molecule has 0 fully saturated rings. The van der Waals surface area contributed by atoms with E-state index >= 15 is 0 Å². The number of methoxy groups -OCH3 is 1. The number of likely N-dealkylation sites (N-methyl/N-ethyl adjacent to an activating group) is 1. The zero-order valence-corrected chi connectivity index (χ0v) is 18.6. The minimum Gasteiger partial charge on any atom is -0.491 e. The van der Waals surface area contributed by atoms with Crippen molar-refractivity contribution >= 4 is 11.6 Å². The van der Waals surface area contributed by atoms with Crippen LogP contribution in [0.1, 0.15) is 17.7 Å². The lowest BCUT2D eigenvalue weighted by molar-refractivity contribution is 0.201. The molecule has 33 heavy (non-hydrogen) atoms. The van der Waals surface area contributed by atoms with Crippen LogP contribution in [-0.2, 0) is 12.8 Å². The molecule has 11 heteroatoms. The van der Waals surface area contributed by atoms with Crippen LogP contribution in [0.15, 0.2) is 30.7 Å². The van der Waals surface area contributed by atoms with Gasteiger partial charge in [-0.05, 0) is 25.3 Å². The molecule has 0 saturated carbocycles. The quantitative estimate of drug-likeness (QED) is 0.380. The lowest BCUT2D eigenvalue weighted by Gasteiger charge is -2.25. The number of nitrogens with zero attached hydrogens (tertiary/aromatic N) is 6. The Morgan fingerprint density at radius 2 is 2.06 bits per heavy atom. The minimum absolute atomic E-state index is 0.0690. The normalized spacial score (nSPS) is 13.3. The fraction of sp³-hybridized carbons (Fsp3) is 0.409. The Balaban J connectivity index is 1.53. The Labute approximate surface area is 191 Å². The molecular formula is C22H27N7O4. The molecule has 0 radical (unpaired) electrons. The maximum atomic E-state index is 10.6. The maximum Gasteiger partial charge on any atom is 0.232 e. The SMILES string of the molecule is COc1cnc(NC(O)CN(C)c2nc(-c3cc(OCCO)ccn3)nc3c2CCC3)cn1. The molecule has 1 unspecified atom stereocenters. The molecule has 0 spiro atoms. The van der Waals surface area contributed by atoms with Gasteiger partial charge in [-0.3, -0.25) is 4.98 Å². The number of rotatable bonds is 10. The van der Waals surface area contributed by atoms with Gasteiger partial charge >= 0.3 is 0 Å². The van der Waals surface area contributed by atoms with Crippen LogP contribution in [0.2, 0.25) is 0 Å². The van der Waals surface area contributed by atoms with Gasteiger partial charge in [-0.15, -0.1) is 0 Å². The molecule has 0 saturated heterocycles. The highest BCUT2D eigenvalue weighted by atomic mass is 16.5. The van der Waals surface area contributed by atoms with Crippen LogP contribution in [-0.4, -0.2) is 75.3 Å². The number of ether oxygens (including phenoxy) is 2. The fourth-order valence-electron chi connectivity index (χ4n) is 3.69. The maximum absolute atomic E-state index is 10.6. The lowest BCUT2D eigenvalue weighted by atomic mass is 10.2. The monoisotopic (exact) mass is 453 g/mol. The van der Waals surface area contributed by atoms with Crippen LogP contribution in [0.25, 0.3) is 11.5 Å². The van der Waals surface area contributed by atoms with Gasteiger partial charge in [0.25, 0.3) is 0 Å². The predicted octanol–water partition coefficient (Wildman–Crippen LogP) is 1.06. The largest absolute Gasteiger partial charge is 0.491 e. The van der Waals surface area contributed by atoms with Crippen molar-refractivity contribution in [3.05, 3.63) is 42.0 Å². The third kappa shape index (κ3) is 5.44. The third-order valence-electron chi connectivity index (χ3n) is 5.19. The Kier molecular flexibility index (Phi) is 7.10. The van der Waals surface area contributed by atoms with Crippen LogP contribution in [0, 0.1) is 0 Å². The molecule has 1 atom stereocenters. The topological polar surface area (TPSA) is 139 Å². The first kappa shape index (κ1) is 22.6. The zero-order valence-electron chi connectivity index (χ0n) is 18.6. The summed E-state index contributed by atoms with van der Waals surface area (Å²) in [6, 6.07) is 3.48. The van der Waals surface area contributed by atoms with E-state index < -0.39 is 6.23 Å². The molecule has 3 N–H and O–H groups in total. The average Bonchev–Trinajstić information content (AvgIpc) is 3.31. The predicted molar refractivity (Wildman–Crippen MR) is 121 cm³/mol. The Bertz CT molecular complexity index is 1080. The van der Waals surface area contributed by atoms with Crippen molar-refractivity contribution < 1.29 is 19.7 Å². The molecule has 4 rings (SSSR count). The van der Waals surface area contributed by atoms with E-state index in [0.717, 1.165) is 36.3 Å². The molecule has 174 valence electrons. The molecule has 0 amide bonds. The van der Waals surface area contributed by atoms with Crippen LogP contribution in [0.5, 0.6) is 11.6 Å². The number of hydrogen-bond donors (Lipinski definition) is 3. The Hall–Kier alpha value is -3.57. The first-order chi connectivity index (χ1) is 16.1. The molecule has 3 aromatic rings. The summed E-state index contributed by atoms with van der Waals surface area (Å²) >= 11 is 0. The summed E-state index contributed by atoms with van der Waals surface area (Å²) in [7, 11) is 3.40. The molecule has 1 aliphatic rings. The van der Waals surface area contributed by atoms with Crippen molar-refractivity contribution in [3.63, 3.8) is 0 Å². The van der Waals surface area contributed by atoms with Gasteiger partial charge < -0.3 is 29.9 Å². The zero-order chi connectivity index (χ0) is 23.2. The van der Waals surface area contributed by atoms with Gasteiger partial charge in [-0.2, -0.15) is 0 Å².